The molecule has 158 valence electrons. The Morgan fingerprint density at radius 2 is 1.14 bits per heavy atom. The molecular formula is C23H36B2O4. The zero-order valence-electron chi connectivity index (χ0n) is 19.8. The standard InChI is InChI=1S/C23H36B2O4/c1-14(2)17-13-20(25-28-22(8,9)23(10,11)29-25)18(15(3)4)12-19(17)24-26-16(5)21(6,7)27-24/h12-15H,5H2,1-4,6-11H3. The Morgan fingerprint density at radius 1 is 0.724 bits per heavy atom. The Hall–Kier alpha value is -1.23. The Kier molecular flexibility index (Phi) is 5.56. The van der Waals surface area contributed by atoms with Crippen LogP contribution in [0.5, 0.6) is 0 Å². The summed E-state index contributed by atoms with van der Waals surface area (Å²) < 4.78 is 25.0. The third kappa shape index (κ3) is 3.92. The summed E-state index contributed by atoms with van der Waals surface area (Å²) in [4.78, 5) is 0. The third-order valence-corrected chi connectivity index (χ3v) is 6.62. The van der Waals surface area contributed by atoms with Gasteiger partial charge in [0.05, 0.1) is 17.0 Å². The maximum absolute atomic E-state index is 6.39. The first kappa shape index (κ1) is 22.5. The van der Waals surface area contributed by atoms with Crippen LogP contribution >= 0.6 is 0 Å². The average molecular weight is 398 g/mol. The van der Waals surface area contributed by atoms with Crippen LogP contribution in [0.3, 0.4) is 0 Å². The van der Waals surface area contributed by atoms with Gasteiger partial charge < -0.3 is 18.6 Å². The van der Waals surface area contributed by atoms with Crippen LogP contribution in [0.15, 0.2) is 24.5 Å². The van der Waals surface area contributed by atoms with Gasteiger partial charge >= 0.3 is 14.2 Å². The zero-order valence-corrected chi connectivity index (χ0v) is 19.8. The van der Waals surface area contributed by atoms with Gasteiger partial charge in [0.15, 0.2) is 0 Å². The average Bonchev–Trinajstić information content (AvgIpc) is 2.97. The highest BCUT2D eigenvalue weighted by Gasteiger charge is 2.53. The molecule has 2 aliphatic rings. The molecule has 0 aliphatic carbocycles. The van der Waals surface area contributed by atoms with Crippen LogP contribution in [0.1, 0.15) is 92.2 Å². The maximum atomic E-state index is 6.39. The van der Waals surface area contributed by atoms with Crippen molar-refractivity contribution in [1.82, 2.24) is 0 Å². The van der Waals surface area contributed by atoms with E-state index in [4.69, 9.17) is 18.6 Å². The largest absolute Gasteiger partial charge is 0.563 e. The van der Waals surface area contributed by atoms with Gasteiger partial charge in [0, 0.05) is 5.46 Å². The normalized spacial score (nSPS) is 22.7. The smallest absolute Gasteiger partial charge is 0.534 e. The zero-order chi connectivity index (χ0) is 21.9. The van der Waals surface area contributed by atoms with Crippen LogP contribution < -0.4 is 10.9 Å². The van der Waals surface area contributed by atoms with Gasteiger partial charge in [-0.15, -0.1) is 0 Å². The molecule has 29 heavy (non-hydrogen) atoms. The van der Waals surface area contributed by atoms with Crippen molar-refractivity contribution in [3.63, 3.8) is 0 Å². The van der Waals surface area contributed by atoms with E-state index in [1.54, 1.807) is 0 Å². The molecule has 0 atom stereocenters. The summed E-state index contributed by atoms with van der Waals surface area (Å²) >= 11 is 0. The first-order valence-electron chi connectivity index (χ1n) is 10.7. The molecule has 0 N–H and O–H groups in total. The summed E-state index contributed by atoms with van der Waals surface area (Å²) in [7, 11) is -0.833. The predicted octanol–water partition coefficient (Wildman–Crippen LogP) is 4.27. The van der Waals surface area contributed by atoms with Crippen molar-refractivity contribution >= 4 is 25.2 Å². The lowest BCUT2D eigenvalue weighted by molar-refractivity contribution is 0.00578. The Labute approximate surface area is 177 Å². The van der Waals surface area contributed by atoms with E-state index in [2.05, 4.69) is 74.1 Å². The molecular weight excluding hydrogens is 362 g/mol. The molecule has 0 unspecified atom stereocenters. The Balaban J connectivity index is 2.10. The van der Waals surface area contributed by atoms with Crippen molar-refractivity contribution in [2.45, 2.75) is 97.9 Å². The van der Waals surface area contributed by atoms with Crippen LogP contribution in [0.4, 0.5) is 0 Å². The minimum Gasteiger partial charge on any atom is -0.534 e. The lowest BCUT2D eigenvalue weighted by atomic mass is 9.66. The monoisotopic (exact) mass is 398 g/mol. The second-order valence-corrected chi connectivity index (χ2v) is 10.5. The van der Waals surface area contributed by atoms with Gasteiger partial charge in [-0.2, -0.15) is 0 Å². The molecule has 2 fully saturated rings. The minimum absolute atomic E-state index is 0.302. The van der Waals surface area contributed by atoms with Crippen molar-refractivity contribution in [3.05, 3.63) is 35.6 Å². The van der Waals surface area contributed by atoms with E-state index in [1.165, 1.54) is 11.1 Å². The van der Waals surface area contributed by atoms with Gasteiger partial charge in [-0.25, -0.2) is 0 Å². The summed E-state index contributed by atoms with van der Waals surface area (Å²) in [5.74, 6) is 1.27. The van der Waals surface area contributed by atoms with Gasteiger partial charge in [0.2, 0.25) is 0 Å². The van der Waals surface area contributed by atoms with Crippen molar-refractivity contribution in [2.75, 3.05) is 0 Å². The van der Waals surface area contributed by atoms with Crippen LogP contribution in [0, 0.1) is 0 Å². The van der Waals surface area contributed by atoms with E-state index >= 15 is 0 Å². The van der Waals surface area contributed by atoms with E-state index in [1.807, 2.05) is 13.8 Å². The van der Waals surface area contributed by atoms with Crippen molar-refractivity contribution < 1.29 is 18.6 Å². The maximum Gasteiger partial charge on any atom is 0.563 e. The second-order valence-electron chi connectivity index (χ2n) is 10.5. The van der Waals surface area contributed by atoms with Crippen molar-refractivity contribution in [1.29, 1.82) is 0 Å². The molecule has 0 amide bonds. The predicted molar refractivity (Wildman–Crippen MR) is 121 cm³/mol. The molecule has 0 saturated carbocycles. The van der Waals surface area contributed by atoms with E-state index < -0.39 is 12.7 Å². The van der Waals surface area contributed by atoms with Crippen molar-refractivity contribution in [3.8, 4) is 0 Å². The molecule has 4 nitrogen and oxygen atoms in total. The molecule has 1 aromatic rings. The second kappa shape index (κ2) is 7.18. The topological polar surface area (TPSA) is 36.9 Å². The highest BCUT2D eigenvalue weighted by atomic mass is 16.7. The quantitative estimate of drug-likeness (QED) is 0.711. The van der Waals surface area contributed by atoms with Crippen LogP contribution in [-0.4, -0.2) is 31.0 Å². The van der Waals surface area contributed by atoms with Gasteiger partial charge in [0.1, 0.15) is 5.60 Å². The number of rotatable bonds is 4. The lowest BCUT2D eigenvalue weighted by Crippen LogP contribution is -2.43. The third-order valence-electron chi connectivity index (χ3n) is 6.62. The molecule has 3 rings (SSSR count). The lowest BCUT2D eigenvalue weighted by Gasteiger charge is -2.32. The van der Waals surface area contributed by atoms with Crippen LogP contribution in [-0.2, 0) is 18.6 Å². The first-order chi connectivity index (χ1) is 13.2. The number of hydrogen-bond acceptors (Lipinski definition) is 4. The van der Waals surface area contributed by atoms with Crippen LogP contribution in [0.25, 0.3) is 0 Å². The van der Waals surface area contributed by atoms with Crippen LogP contribution in [0.2, 0.25) is 0 Å². The van der Waals surface area contributed by atoms with E-state index in [-0.39, 0.29) is 18.3 Å². The highest BCUT2D eigenvalue weighted by Crippen LogP contribution is 2.37. The summed E-state index contributed by atoms with van der Waals surface area (Å²) in [5.41, 5.74) is 3.31. The van der Waals surface area contributed by atoms with Gasteiger partial charge in [0.25, 0.3) is 0 Å². The van der Waals surface area contributed by atoms with E-state index in [0.29, 0.717) is 17.6 Å². The Bertz CT molecular complexity index is 795. The summed E-state index contributed by atoms with van der Waals surface area (Å²) in [6.07, 6.45) is 0. The fourth-order valence-electron chi connectivity index (χ4n) is 3.80. The molecule has 6 heteroatoms. The SMILES string of the molecule is C=C1OB(c2cc(C(C)C)c(B3OC(C)(C)C(C)(C)O3)cc2C(C)C)OC1(C)C. The molecule has 0 bridgehead atoms. The summed E-state index contributed by atoms with van der Waals surface area (Å²) in [6, 6.07) is 4.46. The molecule has 0 spiro atoms. The molecule has 1 aromatic carbocycles. The fraction of sp³-hybridized carbons (Fsp3) is 0.652. The van der Waals surface area contributed by atoms with Crippen molar-refractivity contribution in [2.24, 2.45) is 0 Å². The molecule has 2 saturated heterocycles. The summed E-state index contributed by atoms with van der Waals surface area (Å²) in [6.45, 7) is 25.2. The van der Waals surface area contributed by atoms with Gasteiger partial charge in [-0.1, -0.05) is 46.4 Å². The molecule has 0 radical (unpaired) electrons. The van der Waals surface area contributed by atoms with Gasteiger partial charge in [-0.05, 0) is 70.0 Å². The molecule has 2 aliphatic heterocycles. The fourth-order valence-corrected chi connectivity index (χ4v) is 3.80. The number of benzene rings is 1. The number of hydrogen-bond donors (Lipinski definition) is 0. The summed E-state index contributed by atoms with van der Waals surface area (Å²) in [5, 5.41) is 0. The Morgan fingerprint density at radius 3 is 1.48 bits per heavy atom. The highest BCUT2D eigenvalue weighted by molar-refractivity contribution is 6.65. The molecule has 0 aromatic heterocycles. The van der Waals surface area contributed by atoms with E-state index in [9.17, 15) is 0 Å². The minimum atomic E-state index is -0.499. The van der Waals surface area contributed by atoms with E-state index in [0.717, 1.165) is 10.9 Å². The first-order valence-corrected chi connectivity index (χ1v) is 10.7. The van der Waals surface area contributed by atoms with Gasteiger partial charge in [-0.3, -0.25) is 0 Å². The molecule has 2 heterocycles.